The summed E-state index contributed by atoms with van der Waals surface area (Å²) < 4.78 is 11.3. The maximum Gasteiger partial charge on any atom is 0.410 e. The summed E-state index contributed by atoms with van der Waals surface area (Å²) in [6.07, 6.45) is 14.6. The van der Waals surface area contributed by atoms with Gasteiger partial charge in [-0.05, 0) is 113 Å². The predicted molar refractivity (Wildman–Crippen MR) is 213 cm³/mol. The zero-order valence-corrected chi connectivity index (χ0v) is 32.1. The van der Waals surface area contributed by atoms with Crippen LogP contribution >= 0.6 is 0 Å². The summed E-state index contributed by atoms with van der Waals surface area (Å²) in [7, 11) is 0. The molecule has 0 bridgehead atoms. The van der Waals surface area contributed by atoms with Crippen molar-refractivity contribution in [2.45, 2.75) is 90.5 Å². The van der Waals surface area contributed by atoms with Gasteiger partial charge in [-0.2, -0.15) is 0 Å². The summed E-state index contributed by atoms with van der Waals surface area (Å²) in [5, 5.41) is 2.36. The molecule has 2 amide bonds. The standard InChI is InChI=1S/C44H50N6O4/c1-43(2,3)53-41(51)49-23-11-17-37(49)39-45-27-34(47-39)16-10-9-14-30-20-22-33(26-35(30)32-21-19-29-13-7-8-15-31(29)25-32)36-28-46-40(48-36)38-18-12-24-50(38)42(52)54-44(4,5)6/h7-10,13-16,19-22,25-28,37-38H,11-12,17-18,23-24H2,1-6H3,(H,45,47)(H,46,48)/t37-,38-/m0/s1. The van der Waals surface area contributed by atoms with Gasteiger partial charge >= 0.3 is 12.2 Å². The van der Waals surface area contributed by atoms with Gasteiger partial charge in [0.05, 0.1) is 35.9 Å². The molecule has 2 aromatic heterocycles. The molecule has 0 unspecified atom stereocenters. The topological polar surface area (TPSA) is 116 Å². The Bertz CT molecular complexity index is 2200. The van der Waals surface area contributed by atoms with Crippen LogP contribution in [0.3, 0.4) is 0 Å². The van der Waals surface area contributed by atoms with Gasteiger partial charge in [0.2, 0.25) is 0 Å². The van der Waals surface area contributed by atoms with Gasteiger partial charge in [-0.3, -0.25) is 9.80 Å². The van der Waals surface area contributed by atoms with Crippen molar-refractivity contribution >= 4 is 35.1 Å². The van der Waals surface area contributed by atoms with Crippen LogP contribution in [0, 0.1) is 0 Å². The molecule has 0 radical (unpaired) electrons. The number of carbonyl (C=O) groups is 2. The zero-order chi connectivity index (χ0) is 38.0. The molecule has 280 valence electrons. The van der Waals surface area contributed by atoms with Crippen LogP contribution in [0.4, 0.5) is 9.59 Å². The van der Waals surface area contributed by atoms with Gasteiger partial charge in [0.25, 0.3) is 0 Å². The average Bonchev–Trinajstić information content (AvgIpc) is 3.95. The molecule has 10 heteroatoms. The number of carbonyl (C=O) groups excluding carboxylic acids is 2. The lowest BCUT2D eigenvalue weighted by Crippen LogP contribution is -2.36. The van der Waals surface area contributed by atoms with E-state index in [0.29, 0.717) is 13.1 Å². The third-order valence-corrected chi connectivity index (χ3v) is 9.69. The number of nitrogens with zero attached hydrogens (tertiary/aromatic N) is 4. The highest BCUT2D eigenvalue weighted by molar-refractivity contribution is 5.90. The lowest BCUT2D eigenvalue weighted by atomic mass is 9.94. The third-order valence-electron chi connectivity index (χ3n) is 9.69. The van der Waals surface area contributed by atoms with E-state index in [-0.39, 0.29) is 24.3 Å². The Balaban J connectivity index is 1.12. The van der Waals surface area contributed by atoms with Crippen LogP contribution in [0.2, 0.25) is 0 Å². The van der Waals surface area contributed by atoms with Crippen LogP contribution in [0.5, 0.6) is 0 Å². The number of H-pyrrole nitrogens is 2. The van der Waals surface area contributed by atoms with E-state index in [0.717, 1.165) is 71.0 Å². The summed E-state index contributed by atoms with van der Waals surface area (Å²) in [6.45, 7) is 12.6. The first kappa shape index (κ1) is 36.7. The molecular weight excluding hydrogens is 677 g/mol. The fourth-order valence-corrected chi connectivity index (χ4v) is 7.23. The molecule has 3 aromatic carbocycles. The van der Waals surface area contributed by atoms with E-state index in [1.165, 1.54) is 10.8 Å². The first-order valence-corrected chi connectivity index (χ1v) is 18.9. The first-order chi connectivity index (χ1) is 25.8. The van der Waals surface area contributed by atoms with Crippen molar-refractivity contribution in [3.63, 3.8) is 0 Å². The molecule has 0 saturated carbocycles. The van der Waals surface area contributed by atoms with Gasteiger partial charge < -0.3 is 19.4 Å². The van der Waals surface area contributed by atoms with E-state index in [1.807, 2.05) is 66.0 Å². The number of nitrogens with one attached hydrogen (secondary N) is 2. The number of benzene rings is 3. The quantitative estimate of drug-likeness (QED) is 0.161. The highest BCUT2D eigenvalue weighted by Crippen LogP contribution is 2.36. The van der Waals surface area contributed by atoms with Gasteiger partial charge in [0.15, 0.2) is 0 Å². The van der Waals surface area contributed by atoms with E-state index < -0.39 is 11.2 Å². The zero-order valence-electron chi connectivity index (χ0n) is 32.1. The maximum absolute atomic E-state index is 13.0. The Morgan fingerprint density at radius 3 is 1.96 bits per heavy atom. The number of ether oxygens (including phenoxy) is 2. The van der Waals surface area contributed by atoms with Crippen molar-refractivity contribution in [3.8, 4) is 22.4 Å². The molecule has 54 heavy (non-hydrogen) atoms. The normalized spacial score (nSPS) is 18.0. The van der Waals surface area contributed by atoms with Gasteiger partial charge in [-0.1, -0.05) is 66.8 Å². The molecule has 2 N–H and O–H groups in total. The average molecular weight is 727 g/mol. The number of amides is 2. The number of imidazole rings is 2. The Hall–Kier alpha value is -5.64. The Kier molecular flexibility index (Phi) is 10.2. The molecule has 2 atom stereocenters. The fourth-order valence-electron chi connectivity index (χ4n) is 7.23. The van der Waals surface area contributed by atoms with E-state index in [2.05, 4.69) is 81.7 Å². The van der Waals surface area contributed by atoms with E-state index >= 15 is 0 Å². The molecule has 0 aliphatic carbocycles. The second-order valence-electron chi connectivity index (χ2n) is 16.2. The van der Waals surface area contributed by atoms with E-state index in [9.17, 15) is 9.59 Å². The van der Waals surface area contributed by atoms with Gasteiger partial charge in [0.1, 0.15) is 22.9 Å². The molecule has 2 saturated heterocycles. The highest BCUT2D eigenvalue weighted by Gasteiger charge is 2.36. The number of hydrogen-bond donors (Lipinski definition) is 2. The number of likely N-dealkylation sites (tertiary alicyclic amines) is 2. The second kappa shape index (κ2) is 15.0. The largest absolute Gasteiger partial charge is 0.444 e. The smallest absolute Gasteiger partial charge is 0.410 e. The van der Waals surface area contributed by atoms with E-state index in [1.54, 1.807) is 16.0 Å². The van der Waals surface area contributed by atoms with Crippen molar-refractivity contribution in [2.75, 3.05) is 13.1 Å². The third kappa shape index (κ3) is 8.43. The van der Waals surface area contributed by atoms with Crippen molar-refractivity contribution in [3.05, 3.63) is 108 Å². The Morgan fingerprint density at radius 1 is 0.704 bits per heavy atom. The monoisotopic (exact) mass is 726 g/mol. The van der Waals surface area contributed by atoms with E-state index in [4.69, 9.17) is 14.5 Å². The number of aromatic nitrogens is 4. The molecule has 7 rings (SSSR count). The SMILES string of the molecule is CC(C)(C)OC(=O)N1CCC[C@H]1c1ncc(C=CC=Cc2ccc(-c3cnc([C@@H]4CCCN4C(=O)OC(C)(C)C)[nH]3)cc2-c2ccc3ccccc3c2)[nH]1. The minimum Gasteiger partial charge on any atom is -0.444 e. The highest BCUT2D eigenvalue weighted by atomic mass is 16.6. The molecule has 2 aliphatic heterocycles. The van der Waals surface area contributed by atoms with Crippen molar-refractivity contribution in [1.29, 1.82) is 0 Å². The van der Waals surface area contributed by atoms with Crippen LogP contribution in [0.15, 0.2) is 85.2 Å². The maximum atomic E-state index is 13.0. The molecule has 2 aliphatic rings. The second-order valence-corrected chi connectivity index (χ2v) is 16.2. The van der Waals surface area contributed by atoms with Crippen molar-refractivity contribution < 1.29 is 19.1 Å². The number of fused-ring (bicyclic) bond motifs is 1. The number of rotatable bonds is 7. The molecule has 2 fully saturated rings. The van der Waals surface area contributed by atoms with Gasteiger partial charge in [-0.25, -0.2) is 19.6 Å². The number of allylic oxidation sites excluding steroid dienone is 2. The lowest BCUT2D eigenvalue weighted by molar-refractivity contribution is 0.0208. The lowest BCUT2D eigenvalue weighted by Gasteiger charge is -2.27. The first-order valence-electron chi connectivity index (χ1n) is 18.9. The number of hydrogen-bond acceptors (Lipinski definition) is 6. The molecule has 0 spiro atoms. The molecule has 5 aromatic rings. The van der Waals surface area contributed by atoms with Crippen LogP contribution < -0.4 is 0 Å². The number of aromatic amines is 2. The predicted octanol–water partition coefficient (Wildman–Crippen LogP) is 10.5. The summed E-state index contributed by atoms with van der Waals surface area (Å²) in [4.78, 5) is 45.7. The van der Waals surface area contributed by atoms with Crippen molar-refractivity contribution in [2.24, 2.45) is 0 Å². The summed E-state index contributed by atoms with van der Waals surface area (Å²) >= 11 is 0. The minimum atomic E-state index is -0.561. The Labute approximate surface area is 317 Å². The van der Waals surface area contributed by atoms with Gasteiger partial charge in [-0.15, -0.1) is 0 Å². The van der Waals surface area contributed by atoms with Gasteiger partial charge in [0, 0.05) is 18.7 Å². The van der Waals surface area contributed by atoms with Crippen LogP contribution in [0.1, 0.15) is 102 Å². The summed E-state index contributed by atoms with van der Waals surface area (Å²) in [6, 6.07) is 21.1. The summed E-state index contributed by atoms with van der Waals surface area (Å²) in [5.74, 6) is 1.53. The van der Waals surface area contributed by atoms with Crippen LogP contribution in [-0.2, 0) is 9.47 Å². The van der Waals surface area contributed by atoms with Crippen LogP contribution in [-0.4, -0.2) is 66.2 Å². The fraction of sp³-hybridized carbons (Fsp3) is 0.364. The van der Waals surface area contributed by atoms with Crippen LogP contribution in [0.25, 0.3) is 45.3 Å². The molecule has 4 heterocycles. The van der Waals surface area contributed by atoms with Crippen molar-refractivity contribution in [1.82, 2.24) is 29.7 Å². The Morgan fingerprint density at radius 2 is 1.30 bits per heavy atom. The molecular formula is C44H50N6O4. The molecule has 10 nitrogen and oxygen atoms in total. The minimum absolute atomic E-state index is 0.131. The summed E-state index contributed by atoms with van der Waals surface area (Å²) in [5.41, 5.74) is 4.90.